The molecule has 4 heteroatoms. The average molecular weight is 297 g/mol. The second-order valence-electron chi connectivity index (χ2n) is 4.65. The van der Waals surface area contributed by atoms with Gasteiger partial charge in [-0.15, -0.1) is 0 Å². The van der Waals surface area contributed by atoms with Crippen LogP contribution in [0.4, 0.5) is 0 Å². The first kappa shape index (κ1) is 15.7. The standard InChI is InChI=1S/C18H19NO3/c1-14(19-20)8-9-15-10-11-17(18(12-15)21-2)22-13-16-6-4-3-5-7-16/h3-12,19-20H,1,13H2,2H3. The number of ether oxygens (including phenoxy) is 2. The van der Waals surface area contributed by atoms with Gasteiger partial charge in [0.1, 0.15) is 6.61 Å². The van der Waals surface area contributed by atoms with Crippen LogP contribution in [0.2, 0.25) is 0 Å². The third-order valence-corrected chi connectivity index (χ3v) is 3.05. The topological polar surface area (TPSA) is 50.7 Å². The predicted octanol–water partition coefficient (Wildman–Crippen LogP) is 3.78. The Hall–Kier alpha value is -2.72. The molecule has 0 bridgehead atoms. The molecule has 0 radical (unpaired) electrons. The van der Waals surface area contributed by atoms with Crippen molar-refractivity contribution < 1.29 is 14.7 Å². The van der Waals surface area contributed by atoms with Gasteiger partial charge in [0.05, 0.1) is 12.8 Å². The fourth-order valence-corrected chi connectivity index (χ4v) is 1.88. The third kappa shape index (κ3) is 4.40. The van der Waals surface area contributed by atoms with Crippen molar-refractivity contribution in [2.24, 2.45) is 0 Å². The van der Waals surface area contributed by atoms with Crippen molar-refractivity contribution in [1.29, 1.82) is 0 Å². The summed E-state index contributed by atoms with van der Waals surface area (Å²) in [6.07, 6.45) is 3.48. The number of allylic oxidation sites excluding steroid dienone is 1. The highest BCUT2D eigenvalue weighted by Crippen LogP contribution is 2.29. The van der Waals surface area contributed by atoms with E-state index in [1.807, 2.05) is 60.1 Å². The third-order valence-electron chi connectivity index (χ3n) is 3.05. The van der Waals surface area contributed by atoms with Crippen molar-refractivity contribution in [3.8, 4) is 11.5 Å². The minimum atomic E-state index is 0.406. The molecule has 0 fully saturated rings. The van der Waals surface area contributed by atoms with Crippen LogP contribution in [0.3, 0.4) is 0 Å². The second-order valence-corrected chi connectivity index (χ2v) is 4.65. The normalized spacial score (nSPS) is 10.5. The summed E-state index contributed by atoms with van der Waals surface area (Å²) in [6.45, 7) is 4.09. The molecular formula is C18H19NO3. The Morgan fingerprint density at radius 3 is 2.64 bits per heavy atom. The lowest BCUT2D eigenvalue weighted by Crippen LogP contribution is -2.01. The lowest BCUT2D eigenvalue weighted by atomic mass is 10.1. The quantitative estimate of drug-likeness (QED) is 0.603. The molecule has 4 nitrogen and oxygen atoms in total. The van der Waals surface area contributed by atoms with Crippen molar-refractivity contribution >= 4 is 6.08 Å². The van der Waals surface area contributed by atoms with Gasteiger partial charge in [0, 0.05) is 0 Å². The van der Waals surface area contributed by atoms with Crippen LogP contribution in [0.5, 0.6) is 11.5 Å². The van der Waals surface area contributed by atoms with E-state index in [0.717, 1.165) is 11.1 Å². The first-order valence-corrected chi connectivity index (χ1v) is 6.85. The van der Waals surface area contributed by atoms with Gasteiger partial charge in [0.25, 0.3) is 0 Å². The summed E-state index contributed by atoms with van der Waals surface area (Å²) in [6, 6.07) is 15.6. The molecule has 0 heterocycles. The Kier molecular flexibility index (Phi) is 5.63. The molecule has 22 heavy (non-hydrogen) atoms. The first-order valence-electron chi connectivity index (χ1n) is 6.85. The van der Waals surface area contributed by atoms with Crippen LogP contribution < -0.4 is 15.0 Å². The SMILES string of the molecule is C=C(C=Cc1ccc(OCc2ccccc2)c(OC)c1)NO. The Morgan fingerprint density at radius 2 is 1.95 bits per heavy atom. The van der Waals surface area contributed by atoms with Crippen molar-refractivity contribution in [2.45, 2.75) is 6.61 Å². The highest BCUT2D eigenvalue weighted by atomic mass is 16.5. The van der Waals surface area contributed by atoms with Gasteiger partial charge in [-0.3, -0.25) is 10.7 Å². The van der Waals surface area contributed by atoms with Crippen LogP contribution >= 0.6 is 0 Å². The van der Waals surface area contributed by atoms with E-state index in [1.165, 1.54) is 0 Å². The van der Waals surface area contributed by atoms with Crippen LogP contribution in [0, 0.1) is 0 Å². The number of hydroxylamine groups is 1. The molecule has 2 aromatic rings. The minimum Gasteiger partial charge on any atom is -0.493 e. The van der Waals surface area contributed by atoms with E-state index >= 15 is 0 Å². The summed E-state index contributed by atoms with van der Waals surface area (Å²) < 4.78 is 11.2. The fraction of sp³-hybridized carbons (Fsp3) is 0.111. The maximum atomic E-state index is 8.69. The highest BCUT2D eigenvalue weighted by Gasteiger charge is 2.05. The van der Waals surface area contributed by atoms with Crippen LogP contribution in [-0.4, -0.2) is 12.3 Å². The van der Waals surface area contributed by atoms with Crippen LogP contribution in [0.1, 0.15) is 11.1 Å². The fourth-order valence-electron chi connectivity index (χ4n) is 1.88. The molecule has 2 rings (SSSR count). The van der Waals surface area contributed by atoms with E-state index < -0.39 is 0 Å². The molecule has 0 aliphatic rings. The lowest BCUT2D eigenvalue weighted by molar-refractivity contribution is 0.205. The van der Waals surface area contributed by atoms with Crippen molar-refractivity contribution in [3.05, 3.63) is 78.0 Å². The highest BCUT2D eigenvalue weighted by molar-refractivity contribution is 5.57. The Morgan fingerprint density at radius 1 is 1.18 bits per heavy atom. The molecular weight excluding hydrogens is 278 g/mol. The molecule has 2 aromatic carbocycles. The second kappa shape index (κ2) is 7.90. The molecule has 114 valence electrons. The van der Waals surface area contributed by atoms with E-state index in [2.05, 4.69) is 6.58 Å². The minimum absolute atomic E-state index is 0.406. The molecule has 0 aliphatic carbocycles. The van der Waals surface area contributed by atoms with Crippen molar-refractivity contribution in [2.75, 3.05) is 7.11 Å². The van der Waals surface area contributed by atoms with E-state index in [1.54, 1.807) is 13.2 Å². The zero-order chi connectivity index (χ0) is 15.8. The summed E-state index contributed by atoms with van der Waals surface area (Å²) >= 11 is 0. The summed E-state index contributed by atoms with van der Waals surface area (Å²) in [5.74, 6) is 1.34. The number of benzene rings is 2. The van der Waals surface area contributed by atoms with Gasteiger partial charge in [-0.05, 0) is 29.3 Å². The average Bonchev–Trinajstić information content (AvgIpc) is 2.58. The maximum Gasteiger partial charge on any atom is 0.161 e. The maximum absolute atomic E-state index is 8.69. The predicted molar refractivity (Wildman–Crippen MR) is 86.9 cm³/mol. The number of hydrogen-bond acceptors (Lipinski definition) is 4. The largest absolute Gasteiger partial charge is 0.493 e. The van der Waals surface area contributed by atoms with Crippen LogP contribution in [-0.2, 0) is 6.61 Å². The number of nitrogens with one attached hydrogen (secondary N) is 1. The van der Waals surface area contributed by atoms with E-state index in [9.17, 15) is 0 Å². The van der Waals surface area contributed by atoms with Crippen molar-refractivity contribution in [3.63, 3.8) is 0 Å². The van der Waals surface area contributed by atoms with Gasteiger partial charge < -0.3 is 9.47 Å². The monoisotopic (exact) mass is 297 g/mol. The molecule has 0 amide bonds. The summed E-state index contributed by atoms with van der Waals surface area (Å²) in [5, 5.41) is 8.69. The van der Waals surface area contributed by atoms with Gasteiger partial charge in [-0.25, -0.2) is 0 Å². The van der Waals surface area contributed by atoms with Crippen LogP contribution in [0.15, 0.2) is 66.9 Å². The molecule has 0 saturated carbocycles. The number of rotatable bonds is 7. The molecule has 0 saturated heterocycles. The smallest absolute Gasteiger partial charge is 0.161 e. The Bertz CT molecular complexity index is 651. The van der Waals surface area contributed by atoms with Gasteiger partial charge in [0.15, 0.2) is 11.5 Å². The zero-order valence-electron chi connectivity index (χ0n) is 12.5. The van der Waals surface area contributed by atoms with E-state index in [0.29, 0.717) is 23.8 Å². The molecule has 0 atom stereocenters. The zero-order valence-corrected chi connectivity index (χ0v) is 12.5. The summed E-state index contributed by atoms with van der Waals surface area (Å²) in [7, 11) is 1.60. The number of hydrogen-bond donors (Lipinski definition) is 2. The van der Waals surface area contributed by atoms with Gasteiger partial charge >= 0.3 is 0 Å². The summed E-state index contributed by atoms with van der Waals surface area (Å²) in [4.78, 5) is 0. The lowest BCUT2D eigenvalue weighted by Gasteiger charge is -2.11. The molecule has 0 unspecified atom stereocenters. The Balaban J connectivity index is 2.09. The van der Waals surface area contributed by atoms with Gasteiger partial charge in [0.2, 0.25) is 0 Å². The molecule has 0 spiro atoms. The van der Waals surface area contributed by atoms with Crippen molar-refractivity contribution in [1.82, 2.24) is 5.48 Å². The van der Waals surface area contributed by atoms with E-state index in [4.69, 9.17) is 14.7 Å². The first-order chi connectivity index (χ1) is 10.7. The van der Waals surface area contributed by atoms with Gasteiger partial charge in [-0.2, -0.15) is 0 Å². The van der Waals surface area contributed by atoms with Gasteiger partial charge in [-0.1, -0.05) is 49.1 Å². The Labute approximate surface area is 130 Å². The summed E-state index contributed by atoms with van der Waals surface area (Å²) in [5.41, 5.74) is 4.40. The van der Waals surface area contributed by atoms with Crippen LogP contribution in [0.25, 0.3) is 6.08 Å². The van der Waals surface area contributed by atoms with E-state index in [-0.39, 0.29) is 0 Å². The molecule has 0 aromatic heterocycles. The number of methoxy groups -OCH3 is 1. The molecule has 0 aliphatic heterocycles. The molecule has 2 N–H and O–H groups in total.